The molecule has 6 heteroatoms. The first kappa shape index (κ1) is 14.6. The molecule has 0 aromatic carbocycles. The fourth-order valence-corrected chi connectivity index (χ4v) is 2.44. The van der Waals surface area contributed by atoms with E-state index in [1.54, 1.807) is 4.90 Å². The predicted molar refractivity (Wildman–Crippen MR) is 72.6 cm³/mol. The summed E-state index contributed by atoms with van der Waals surface area (Å²) in [6, 6.07) is 3.68. The zero-order valence-corrected chi connectivity index (χ0v) is 11.8. The van der Waals surface area contributed by atoms with Crippen LogP contribution in [0, 0.1) is 0 Å². The van der Waals surface area contributed by atoms with Crippen LogP contribution in [0.3, 0.4) is 0 Å². The van der Waals surface area contributed by atoms with Crippen LogP contribution in [0.15, 0.2) is 18.3 Å². The summed E-state index contributed by atoms with van der Waals surface area (Å²) in [5, 5.41) is 8.61. The maximum absolute atomic E-state index is 12.3. The fraction of sp³-hybridized carbons (Fsp3) is 0.571. The second kappa shape index (κ2) is 5.66. The van der Waals surface area contributed by atoms with Gasteiger partial charge in [-0.25, -0.2) is 4.79 Å². The number of aromatic nitrogens is 1. The van der Waals surface area contributed by atoms with Gasteiger partial charge in [-0.05, 0) is 25.5 Å². The third kappa shape index (κ3) is 3.01. The first-order valence-corrected chi connectivity index (χ1v) is 6.75. The topological polar surface area (TPSA) is 71.8 Å². The smallest absolute Gasteiger partial charge is 0.329 e. The van der Waals surface area contributed by atoms with Crippen LogP contribution in [-0.2, 0) is 16.1 Å². The standard InChI is InChI=1S/C14H20N2O4/c1-3-6-15-7-4-5-11(15)13(19)16-9-14(2,10-16)20-8-12(17)18/h4-5,7H,3,6,8-10H2,1-2H3,(H,17,18). The third-order valence-corrected chi connectivity index (χ3v) is 3.40. The van der Waals surface area contributed by atoms with Crippen LogP contribution < -0.4 is 0 Å². The molecule has 0 atom stereocenters. The molecule has 1 fully saturated rings. The molecular weight excluding hydrogens is 260 g/mol. The Morgan fingerprint density at radius 2 is 2.15 bits per heavy atom. The summed E-state index contributed by atoms with van der Waals surface area (Å²) in [5.74, 6) is -1.02. The average Bonchev–Trinajstić information content (AvgIpc) is 2.81. The number of nitrogens with zero attached hydrogens (tertiary/aromatic N) is 2. The van der Waals surface area contributed by atoms with Crippen molar-refractivity contribution < 1.29 is 19.4 Å². The number of carboxylic acid groups (broad SMARTS) is 1. The van der Waals surface area contributed by atoms with Gasteiger partial charge in [0.25, 0.3) is 5.91 Å². The van der Waals surface area contributed by atoms with E-state index in [-0.39, 0.29) is 12.5 Å². The maximum Gasteiger partial charge on any atom is 0.329 e. The van der Waals surface area contributed by atoms with Gasteiger partial charge in [0.05, 0.1) is 13.1 Å². The van der Waals surface area contributed by atoms with Crippen molar-refractivity contribution in [1.82, 2.24) is 9.47 Å². The van der Waals surface area contributed by atoms with E-state index in [9.17, 15) is 9.59 Å². The van der Waals surface area contributed by atoms with Crippen LogP contribution in [0.5, 0.6) is 0 Å². The Hall–Kier alpha value is -1.82. The van der Waals surface area contributed by atoms with Crippen molar-refractivity contribution in [2.75, 3.05) is 19.7 Å². The van der Waals surface area contributed by atoms with E-state index in [0.29, 0.717) is 18.8 Å². The molecule has 6 nitrogen and oxygen atoms in total. The Labute approximate surface area is 117 Å². The number of ether oxygens (including phenoxy) is 1. The summed E-state index contributed by atoms with van der Waals surface area (Å²) in [6.07, 6.45) is 2.87. The Kier molecular flexibility index (Phi) is 4.13. The van der Waals surface area contributed by atoms with Crippen LogP contribution in [0.1, 0.15) is 30.8 Å². The number of aliphatic carboxylic acids is 1. The lowest BCUT2D eigenvalue weighted by Gasteiger charge is -2.47. The van der Waals surface area contributed by atoms with E-state index in [0.717, 1.165) is 13.0 Å². The van der Waals surface area contributed by atoms with Gasteiger partial charge in [0, 0.05) is 12.7 Å². The summed E-state index contributed by atoms with van der Waals surface area (Å²) in [4.78, 5) is 24.5. The number of carbonyl (C=O) groups is 2. The van der Waals surface area contributed by atoms with Crippen LogP contribution in [0.2, 0.25) is 0 Å². The molecule has 110 valence electrons. The number of hydrogen-bond acceptors (Lipinski definition) is 3. The van der Waals surface area contributed by atoms with Crippen LogP contribution in [0.25, 0.3) is 0 Å². The largest absolute Gasteiger partial charge is 0.480 e. The van der Waals surface area contributed by atoms with Crippen molar-refractivity contribution >= 4 is 11.9 Å². The van der Waals surface area contributed by atoms with E-state index in [2.05, 4.69) is 6.92 Å². The number of rotatable bonds is 6. The highest BCUT2D eigenvalue weighted by Crippen LogP contribution is 2.26. The fourth-order valence-electron chi connectivity index (χ4n) is 2.44. The zero-order chi connectivity index (χ0) is 14.8. The van der Waals surface area contributed by atoms with Gasteiger partial charge in [0.15, 0.2) is 0 Å². The van der Waals surface area contributed by atoms with E-state index >= 15 is 0 Å². The van der Waals surface area contributed by atoms with E-state index in [1.807, 2.05) is 29.8 Å². The summed E-state index contributed by atoms with van der Waals surface area (Å²) >= 11 is 0. The number of hydrogen-bond donors (Lipinski definition) is 1. The van der Waals surface area contributed by atoms with E-state index < -0.39 is 11.6 Å². The minimum Gasteiger partial charge on any atom is -0.480 e. The summed E-state index contributed by atoms with van der Waals surface area (Å²) in [5.41, 5.74) is 0.128. The molecule has 1 N–H and O–H groups in total. The number of carboxylic acids is 1. The molecule has 1 aromatic rings. The number of aryl methyl sites for hydroxylation is 1. The van der Waals surface area contributed by atoms with Crippen molar-refractivity contribution in [2.45, 2.75) is 32.4 Å². The Morgan fingerprint density at radius 3 is 2.75 bits per heavy atom. The van der Waals surface area contributed by atoms with Gasteiger partial charge < -0.3 is 19.3 Å². The van der Waals surface area contributed by atoms with Crippen LogP contribution in [-0.4, -0.2) is 51.7 Å². The van der Waals surface area contributed by atoms with Crippen LogP contribution >= 0.6 is 0 Å². The molecule has 1 aromatic heterocycles. The van der Waals surface area contributed by atoms with Gasteiger partial charge in [-0.2, -0.15) is 0 Å². The molecule has 2 rings (SSSR count). The Balaban J connectivity index is 1.93. The van der Waals surface area contributed by atoms with Gasteiger partial charge in [-0.3, -0.25) is 4.79 Å². The Bertz CT molecular complexity index is 503. The second-order valence-electron chi connectivity index (χ2n) is 5.38. The van der Waals surface area contributed by atoms with Crippen molar-refractivity contribution in [3.05, 3.63) is 24.0 Å². The highest BCUT2D eigenvalue weighted by Gasteiger charge is 2.43. The monoisotopic (exact) mass is 280 g/mol. The van der Waals surface area contributed by atoms with Gasteiger partial charge in [0.2, 0.25) is 0 Å². The Morgan fingerprint density at radius 1 is 1.45 bits per heavy atom. The highest BCUT2D eigenvalue weighted by molar-refractivity contribution is 5.93. The van der Waals surface area contributed by atoms with Crippen molar-refractivity contribution in [1.29, 1.82) is 0 Å². The number of carbonyl (C=O) groups excluding carboxylic acids is 1. The summed E-state index contributed by atoms with van der Waals surface area (Å²) < 4.78 is 7.24. The second-order valence-corrected chi connectivity index (χ2v) is 5.38. The summed E-state index contributed by atoms with van der Waals surface area (Å²) in [7, 11) is 0. The highest BCUT2D eigenvalue weighted by atomic mass is 16.5. The molecular formula is C14H20N2O4. The van der Waals surface area contributed by atoms with Gasteiger partial charge in [0.1, 0.15) is 17.9 Å². The molecule has 0 unspecified atom stereocenters. The summed E-state index contributed by atoms with van der Waals surface area (Å²) in [6.45, 7) is 5.23. The van der Waals surface area contributed by atoms with Crippen molar-refractivity contribution in [3.8, 4) is 0 Å². The average molecular weight is 280 g/mol. The minimum absolute atomic E-state index is 0.0279. The molecule has 20 heavy (non-hydrogen) atoms. The van der Waals surface area contributed by atoms with Gasteiger partial charge >= 0.3 is 5.97 Å². The van der Waals surface area contributed by atoms with Gasteiger partial charge in [-0.1, -0.05) is 6.92 Å². The SMILES string of the molecule is CCCn1cccc1C(=O)N1CC(C)(OCC(=O)O)C1. The lowest BCUT2D eigenvalue weighted by Crippen LogP contribution is -2.63. The lowest BCUT2D eigenvalue weighted by molar-refractivity contribution is -0.160. The van der Waals surface area contributed by atoms with Gasteiger partial charge in [-0.15, -0.1) is 0 Å². The predicted octanol–water partition coefficient (Wildman–Crippen LogP) is 1.21. The molecule has 0 bridgehead atoms. The molecule has 1 aliphatic rings. The molecule has 1 amide bonds. The quantitative estimate of drug-likeness (QED) is 0.850. The number of likely N-dealkylation sites (tertiary alicyclic amines) is 1. The van der Waals surface area contributed by atoms with E-state index in [4.69, 9.17) is 9.84 Å². The van der Waals surface area contributed by atoms with E-state index in [1.165, 1.54) is 0 Å². The molecule has 1 aliphatic heterocycles. The first-order valence-electron chi connectivity index (χ1n) is 6.75. The lowest BCUT2D eigenvalue weighted by atomic mass is 9.96. The first-order chi connectivity index (χ1) is 9.45. The minimum atomic E-state index is -0.993. The molecule has 0 saturated carbocycles. The van der Waals surface area contributed by atoms with Crippen molar-refractivity contribution in [3.63, 3.8) is 0 Å². The zero-order valence-electron chi connectivity index (χ0n) is 11.8. The van der Waals surface area contributed by atoms with Crippen LogP contribution in [0.4, 0.5) is 0 Å². The number of amides is 1. The molecule has 2 heterocycles. The molecule has 0 aliphatic carbocycles. The third-order valence-electron chi connectivity index (χ3n) is 3.40. The normalized spacial score (nSPS) is 16.8. The molecule has 1 saturated heterocycles. The molecule has 0 radical (unpaired) electrons. The van der Waals surface area contributed by atoms with Crippen molar-refractivity contribution in [2.24, 2.45) is 0 Å². The molecule has 0 spiro atoms. The maximum atomic E-state index is 12.3.